The van der Waals surface area contributed by atoms with Crippen molar-refractivity contribution in [3.05, 3.63) is 88.0 Å². The minimum atomic E-state index is 0.000733. The van der Waals surface area contributed by atoms with E-state index in [9.17, 15) is 4.79 Å². The maximum Gasteiger partial charge on any atom is 0.193 e. The number of hydrogen-bond donors (Lipinski definition) is 2. The maximum atomic E-state index is 13.3. The second kappa shape index (κ2) is 8.52. The molecule has 1 fully saturated rings. The van der Waals surface area contributed by atoms with Crippen molar-refractivity contribution in [1.29, 1.82) is 0 Å². The van der Waals surface area contributed by atoms with E-state index in [-0.39, 0.29) is 5.43 Å². The van der Waals surface area contributed by atoms with Gasteiger partial charge in [-0.25, -0.2) is 0 Å². The van der Waals surface area contributed by atoms with Gasteiger partial charge in [0.25, 0.3) is 0 Å². The Morgan fingerprint density at radius 3 is 2.71 bits per heavy atom. The fraction of sp³-hybridized carbons (Fsp3) is 0.308. The Hall–Kier alpha value is -3.18. The molecule has 0 radical (unpaired) electrons. The Bertz CT molecular complexity index is 1220. The van der Waals surface area contributed by atoms with E-state index in [4.69, 9.17) is 4.98 Å². The molecule has 0 atom stereocenters. The van der Waals surface area contributed by atoms with Crippen LogP contribution in [0.3, 0.4) is 0 Å². The van der Waals surface area contributed by atoms with E-state index in [1.165, 1.54) is 12.8 Å². The summed E-state index contributed by atoms with van der Waals surface area (Å²) in [5.41, 5.74) is 4.66. The van der Waals surface area contributed by atoms with Gasteiger partial charge in [0, 0.05) is 29.7 Å². The minimum absolute atomic E-state index is 0.000733. The van der Waals surface area contributed by atoms with Crippen LogP contribution in [0.15, 0.2) is 71.2 Å². The van der Waals surface area contributed by atoms with Crippen molar-refractivity contribution in [2.45, 2.75) is 39.2 Å². The summed E-state index contributed by atoms with van der Waals surface area (Å²) in [6.07, 6.45) is 11.1. The molecule has 1 saturated carbocycles. The molecule has 0 spiro atoms. The molecule has 5 nitrogen and oxygen atoms in total. The molecule has 0 unspecified atom stereocenters. The number of aromatic nitrogens is 2. The normalized spacial score (nSPS) is 15.8. The molecule has 158 valence electrons. The van der Waals surface area contributed by atoms with Gasteiger partial charge in [0.05, 0.1) is 16.6 Å². The van der Waals surface area contributed by atoms with Gasteiger partial charge in [-0.1, -0.05) is 30.4 Å². The van der Waals surface area contributed by atoms with Crippen LogP contribution in [-0.2, 0) is 6.54 Å². The zero-order valence-electron chi connectivity index (χ0n) is 17.9. The van der Waals surface area contributed by atoms with Crippen molar-refractivity contribution >= 4 is 16.7 Å². The number of rotatable bonds is 7. The first kappa shape index (κ1) is 19.8. The molecule has 0 saturated heterocycles. The average molecular weight is 413 g/mol. The molecule has 0 bridgehead atoms. The summed E-state index contributed by atoms with van der Waals surface area (Å²) in [5, 5.41) is 7.68. The van der Waals surface area contributed by atoms with Gasteiger partial charge in [-0.3, -0.25) is 14.3 Å². The van der Waals surface area contributed by atoms with Crippen LogP contribution in [0.2, 0.25) is 0 Å². The predicted octanol–water partition coefficient (Wildman–Crippen LogP) is 4.84. The van der Waals surface area contributed by atoms with Crippen molar-refractivity contribution in [2.24, 2.45) is 5.92 Å². The number of hydrogen-bond acceptors (Lipinski definition) is 4. The van der Waals surface area contributed by atoms with Crippen LogP contribution in [-0.4, -0.2) is 16.1 Å². The van der Waals surface area contributed by atoms with Gasteiger partial charge in [0.1, 0.15) is 5.82 Å². The van der Waals surface area contributed by atoms with Crippen LogP contribution in [0, 0.1) is 12.8 Å². The van der Waals surface area contributed by atoms with Crippen LogP contribution in [0.1, 0.15) is 37.1 Å². The van der Waals surface area contributed by atoms with E-state index in [0.29, 0.717) is 11.9 Å². The number of allylic oxidation sites excluding steroid dienone is 3. The lowest BCUT2D eigenvalue weighted by atomic mass is 10.1. The summed E-state index contributed by atoms with van der Waals surface area (Å²) in [4.78, 5) is 18.0. The van der Waals surface area contributed by atoms with Crippen LogP contribution in [0.25, 0.3) is 16.6 Å². The summed E-state index contributed by atoms with van der Waals surface area (Å²) < 4.78 is 2.14. The number of anilines is 1. The van der Waals surface area contributed by atoms with Crippen molar-refractivity contribution in [3.63, 3.8) is 0 Å². The Morgan fingerprint density at radius 1 is 1.13 bits per heavy atom. The number of aryl methyl sites for hydroxylation is 1. The van der Waals surface area contributed by atoms with Crippen LogP contribution in [0.5, 0.6) is 0 Å². The minimum Gasteiger partial charge on any atom is -0.342 e. The van der Waals surface area contributed by atoms with Crippen molar-refractivity contribution in [1.82, 2.24) is 14.9 Å². The third kappa shape index (κ3) is 4.32. The lowest BCUT2D eigenvalue weighted by Crippen LogP contribution is -2.21. The summed E-state index contributed by atoms with van der Waals surface area (Å²) in [5.74, 6) is 1.55. The first-order valence-electron chi connectivity index (χ1n) is 11.2. The molecule has 3 aromatic rings. The number of nitrogens with one attached hydrogen (secondary N) is 2. The molecule has 1 aromatic carbocycles. The molecule has 2 aromatic heterocycles. The fourth-order valence-corrected chi connectivity index (χ4v) is 4.20. The Balaban J connectivity index is 1.67. The molecule has 2 heterocycles. The van der Waals surface area contributed by atoms with E-state index in [2.05, 4.69) is 45.6 Å². The number of nitrogens with zero attached hydrogens (tertiary/aromatic N) is 2. The monoisotopic (exact) mass is 412 g/mol. The third-order valence-corrected chi connectivity index (χ3v) is 5.90. The molecular formula is C26H28N4O. The zero-order valence-corrected chi connectivity index (χ0v) is 17.9. The van der Waals surface area contributed by atoms with E-state index in [0.717, 1.165) is 59.4 Å². The Kier molecular flexibility index (Phi) is 5.43. The predicted molar refractivity (Wildman–Crippen MR) is 127 cm³/mol. The largest absolute Gasteiger partial charge is 0.342 e. The first-order chi connectivity index (χ1) is 15.2. The van der Waals surface area contributed by atoms with Crippen LogP contribution >= 0.6 is 0 Å². The second-order valence-electron chi connectivity index (χ2n) is 8.51. The molecule has 2 aliphatic rings. The van der Waals surface area contributed by atoms with E-state index in [1.54, 1.807) is 6.07 Å². The van der Waals surface area contributed by atoms with Gasteiger partial charge in [-0.15, -0.1) is 0 Å². The molecule has 5 rings (SSSR count). The molecule has 0 amide bonds. The average Bonchev–Trinajstić information content (AvgIpc) is 3.59. The smallest absolute Gasteiger partial charge is 0.193 e. The highest BCUT2D eigenvalue weighted by Gasteiger charge is 2.21. The Labute approximate surface area is 182 Å². The molecule has 5 heteroatoms. The molecular weight excluding hydrogens is 384 g/mol. The first-order valence-corrected chi connectivity index (χ1v) is 11.2. The summed E-state index contributed by atoms with van der Waals surface area (Å²) >= 11 is 0. The highest BCUT2D eigenvalue weighted by molar-refractivity contribution is 5.86. The third-order valence-electron chi connectivity index (χ3n) is 5.90. The summed E-state index contributed by atoms with van der Waals surface area (Å²) in [7, 11) is 0. The highest BCUT2D eigenvalue weighted by atomic mass is 16.1. The maximum absolute atomic E-state index is 13.3. The quantitative estimate of drug-likeness (QED) is 0.583. The highest BCUT2D eigenvalue weighted by Crippen LogP contribution is 2.28. The van der Waals surface area contributed by atoms with Gasteiger partial charge in [0.15, 0.2) is 5.43 Å². The van der Waals surface area contributed by atoms with Crippen molar-refractivity contribution in [3.8, 4) is 5.69 Å². The standard InChI is InChI=1S/C26H28N4O/c1-18-14-23-26(22(28-18)17-27-16-19-12-13-19)24(31)15-25(29-20-8-4-2-5-9-20)30(23)21-10-6-3-7-11-21/h3-4,6-11,14-15,19,27,29H,2,5,12-13,16-17H2,1H3. The lowest BCUT2D eigenvalue weighted by Gasteiger charge is -2.21. The summed E-state index contributed by atoms with van der Waals surface area (Å²) in [6.45, 7) is 3.60. The second-order valence-corrected chi connectivity index (χ2v) is 8.51. The topological polar surface area (TPSA) is 59.0 Å². The molecule has 2 aliphatic carbocycles. The van der Waals surface area contributed by atoms with Gasteiger partial charge in [0.2, 0.25) is 0 Å². The van der Waals surface area contributed by atoms with E-state index < -0.39 is 0 Å². The van der Waals surface area contributed by atoms with Crippen molar-refractivity contribution in [2.75, 3.05) is 11.9 Å². The number of para-hydroxylation sites is 1. The number of pyridine rings is 2. The van der Waals surface area contributed by atoms with Crippen molar-refractivity contribution < 1.29 is 0 Å². The molecule has 31 heavy (non-hydrogen) atoms. The lowest BCUT2D eigenvalue weighted by molar-refractivity contribution is 0.632. The van der Waals surface area contributed by atoms with Gasteiger partial charge < -0.3 is 10.6 Å². The van der Waals surface area contributed by atoms with Gasteiger partial charge in [-0.2, -0.15) is 0 Å². The fourth-order valence-electron chi connectivity index (χ4n) is 4.20. The molecule has 0 aliphatic heterocycles. The van der Waals surface area contributed by atoms with Gasteiger partial charge >= 0.3 is 0 Å². The van der Waals surface area contributed by atoms with E-state index >= 15 is 0 Å². The van der Waals surface area contributed by atoms with Crippen LogP contribution < -0.4 is 16.1 Å². The molecule has 2 N–H and O–H groups in total. The Morgan fingerprint density at radius 2 is 1.97 bits per heavy atom. The van der Waals surface area contributed by atoms with Gasteiger partial charge in [-0.05, 0) is 69.3 Å². The van der Waals surface area contributed by atoms with E-state index in [1.807, 2.05) is 31.2 Å². The summed E-state index contributed by atoms with van der Waals surface area (Å²) in [6, 6.07) is 13.9. The zero-order chi connectivity index (χ0) is 21.2. The SMILES string of the molecule is Cc1cc2c(c(CNCC3CC3)n1)c(=O)cc(NC1=CCCC=C1)n2-c1ccccc1. The number of benzene rings is 1. The van der Waals surface area contributed by atoms with Crippen LogP contribution in [0.4, 0.5) is 5.82 Å². The number of fused-ring (bicyclic) bond motifs is 1.